The minimum Gasteiger partial charge on any atom is -0.351 e. The molecule has 1 amide bonds. The van der Waals surface area contributed by atoms with Crippen LogP contribution in [0, 0.1) is 5.41 Å². The lowest BCUT2D eigenvalue weighted by Crippen LogP contribution is -2.33. The Labute approximate surface area is 101 Å². The van der Waals surface area contributed by atoms with Gasteiger partial charge in [0.15, 0.2) is 0 Å². The number of nitrogens with two attached hydrogens (primary N) is 1. The Morgan fingerprint density at radius 2 is 2.40 bits per heavy atom. The van der Waals surface area contributed by atoms with Crippen molar-refractivity contribution in [1.82, 2.24) is 5.32 Å². The summed E-state index contributed by atoms with van der Waals surface area (Å²) in [6.45, 7) is 1.37. The van der Waals surface area contributed by atoms with Crippen molar-refractivity contribution in [3.63, 3.8) is 0 Å². The summed E-state index contributed by atoms with van der Waals surface area (Å²) in [5.41, 5.74) is 5.84. The average Bonchev–Trinajstić information content (AvgIpc) is 2.90. The van der Waals surface area contributed by atoms with E-state index in [9.17, 15) is 4.79 Å². The zero-order valence-corrected chi connectivity index (χ0v) is 10.7. The summed E-state index contributed by atoms with van der Waals surface area (Å²) < 4.78 is 0.956. The van der Waals surface area contributed by atoms with Crippen molar-refractivity contribution in [2.24, 2.45) is 11.1 Å². The SMILES string of the molecule is NCC1(CNC(=O)c2cc(Br)cs2)CC1. The molecule has 1 aliphatic carbocycles. The zero-order chi connectivity index (χ0) is 10.9. The highest BCUT2D eigenvalue weighted by Crippen LogP contribution is 2.43. The number of thiophene rings is 1. The van der Waals surface area contributed by atoms with E-state index >= 15 is 0 Å². The normalized spacial score (nSPS) is 17.5. The second-order valence-electron chi connectivity index (χ2n) is 4.02. The third-order valence-electron chi connectivity index (χ3n) is 2.81. The molecule has 82 valence electrons. The van der Waals surface area contributed by atoms with Gasteiger partial charge in [-0.1, -0.05) is 0 Å². The predicted molar refractivity (Wildman–Crippen MR) is 65.1 cm³/mol. The molecule has 1 saturated carbocycles. The largest absolute Gasteiger partial charge is 0.351 e. The van der Waals surface area contributed by atoms with E-state index in [0.717, 1.165) is 22.2 Å². The Morgan fingerprint density at radius 3 is 2.87 bits per heavy atom. The van der Waals surface area contributed by atoms with Crippen molar-refractivity contribution >= 4 is 33.2 Å². The standard InChI is InChI=1S/C10H13BrN2OS/c11-7-3-8(15-4-7)9(14)13-6-10(5-12)1-2-10/h3-4H,1-2,5-6,12H2,(H,13,14). The van der Waals surface area contributed by atoms with E-state index in [0.29, 0.717) is 13.1 Å². The van der Waals surface area contributed by atoms with Gasteiger partial charge in [-0.2, -0.15) is 0 Å². The lowest BCUT2D eigenvalue weighted by Gasteiger charge is -2.12. The second-order valence-corrected chi connectivity index (χ2v) is 5.84. The highest BCUT2D eigenvalue weighted by molar-refractivity contribution is 9.10. The van der Waals surface area contributed by atoms with Crippen LogP contribution < -0.4 is 11.1 Å². The van der Waals surface area contributed by atoms with Gasteiger partial charge in [-0.25, -0.2) is 0 Å². The van der Waals surface area contributed by atoms with Crippen LogP contribution >= 0.6 is 27.3 Å². The summed E-state index contributed by atoms with van der Waals surface area (Å²) in [4.78, 5) is 12.4. The molecule has 0 radical (unpaired) electrons. The number of halogens is 1. The van der Waals surface area contributed by atoms with Crippen molar-refractivity contribution in [2.75, 3.05) is 13.1 Å². The summed E-state index contributed by atoms with van der Waals surface area (Å²) in [5, 5.41) is 4.84. The minimum absolute atomic E-state index is 0.00502. The average molecular weight is 289 g/mol. The van der Waals surface area contributed by atoms with Crippen molar-refractivity contribution in [2.45, 2.75) is 12.8 Å². The fourth-order valence-corrected chi connectivity index (χ4v) is 2.76. The van der Waals surface area contributed by atoms with Gasteiger partial charge in [0.1, 0.15) is 0 Å². The molecule has 0 unspecified atom stereocenters. The molecule has 0 spiro atoms. The molecule has 15 heavy (non-hydrogen) atoms. The molecule has 3 N–H and O–H groups in total. The van der Waals surface area contributed by atoms with Crippen LogP contribution in [-0.4, -0.2) is 19.0 Å². The van der Waals surface area contributed by atoms with E-state index in [-0.39, 0.29) is 11.3 Å². The molecule has 0 bridgehead atoms. The first-order chi connectivity index (χ1) is 7.15. The van der Waals surface area contributed by atoms with Gasteiger partial charge in [0, 0.05) is 21.8 Å². The summed E-state index contributed by atoms with van der Waals surface area (Å²) in [6.07, 6.45) is 2.27. The van der Waals surface area contributed by atoms with Gasteiger partial charge in [-0.3, -0.25) is 4.79 Å². The molecule has 1 aliphatic rings. The van der Waals surface area contributed by atoms with E-state index in [2.05, 4.69) is 21.2 Å². The Morgan fingerprint density at radius 1 is 1.67 bits per heavy atom. The van der Waals surface area contributed by atoms with Crippen LogP contribution in [0.4, 0.5) is 0 Å². The van der Waals surface area contributed by atoms with Gasteiger partial charge in [-0.05, 0) is 41.4 Å². The van der Waals surface area contributed by atoms with E-state index in [4.69, 9.17) is 5.73 Å². The first kappa shape index (κ1) is 11.1. The zero-order valence-electron chi connectivity index (χ0n) is 8.25. The number of hydrogen-bond donors (Lipinski definition) is 2. The van der Waals surface area contributed by atoms with Crippen LogP contribution in [0.15, 0.2) is 15.9 Å². The van der Waals surface area contributed by atoms with E-state index in [1.807, 2.05) is 11.4 Å². The summed E-state index contributed by atoms with van der Waals surface area (Å²) in [5.74, 6) is 0.00502. The number of carbonyl (C=O) groups is 1. The first-order valence-electron chi connectivity index (χ1n) is 4.87. The quantitative estimate of drug-likeness (QED) is 0.890. The van der Waals surface area contributed by atoms with Crippen molar-refractivity contribution in [3.05, 3.63) is 20.8 Å². The number of carbonyl (C=O) groups excluding carboxylic acids is 1. The molecule has 0 saturated heterocycles. The van der Waals surface area contributed by atoms with Gasteiger partial charge < -0.3 is 11.1 Å². The molecule has 0 aliphatic heterocycles. The minimum atomic E-state index is 0.00502. The maximum atomic E-state index is 11.7. The Balaban J connectivity index is 1.88. The third kappa shape index (κ3) is 2.59. The molecule has 1 aromatic rings. The monoisotopic (exact) mass is 288 g/mol. The van der Waals surface area contributed by atoms with E-state index in [1.54, 1.807) is 0 Å². The fraction of sp³-hybridized carbons (Fsp3) is 0.500. The molecule has 0 aromatic carbocycles. The first-order valence-corrected chi connectivity index (χ1v) is 6.55. The topological polar surface area (TPSA) is 55.1 Å². The van der Waals surface area contributed by atoms with Gasteiger partial charge in [0.2, 0.25) is 0 Å². The molecular weight excluding hydrogens is 276 g/mol. The van der Waals surface area contributed by atoms with E-state index < -0.39 is 0 Å². The maximum Gasteiger partial charge on any atom is 0.261 e. The van der Waals surface area contributed by atoms with Crippen LogP contribution in [0.2, 0.25) is 0 Å². The summed E-state index contributed by atoms with van der Waals surface area (Å²) >= 11 is 4.77. The number of hydrogen-bond acceptors (Lipinski definition) is 3. The third-order valence-corrected chi connectivity index (χ3v) is 4.50. The molecule has 1 aromatic heterocycles. The van der Waals surface area contributed by atoms with Crippen LogP contribution in [0.3, 0.4) is 0 Å². The maximum absolute atomic E-state index is 11.7. The van der Waals surface area contributed by atoms with Crippen molar-refractivity contribution in [3.8, 4) is 0 Å². The fourth-order valence-electron chi connectivity index (χ4n) is 1.42. The lowest BCUT2D eigenvalue weighted by molar-refractivity contribution is 0.0949. The van der Waals surface area contributed by atoms with Crippen molar-refractivity contribution in [1.29, 1.82) is 0 Å². The molecule has 3 nitrogen and oxygen atoms in total. The highest BCUT2D eigenvalue weighted by Gasteiger charge is 2.41. The van der Waals surface area contributed by atoms with Gasteiger partial charge in [0.25, 0.3) is 5.91 Å². The summed E-state index contributed by atoms with van der Waals surface area (Å²) in [7, 11) is 0. The van der Waals surface area contributed by atoms with Crippen molar-refractivity contribution < 1.29 is 4.79 Å². The molecular formula is C10H13BrN2OS. The predicted octanol–water partition coefficient (Wildman–Crippen LogP) is 1.98. The lowest BCUT2D eigenvalue weighted by atomic mass is 10.1. The van der Waals surface area contributed by atoms with E-state index in [1.165, 1.54) is 11.3 Å². The molecule has 0 atom stereocenters. The Kier molecular flexibility index (Phi) is 3.13. The van der Waals surface area contributed by atoms with Crippen LogP contribution in [0.25, 0.3) is 0 Å². The number of nitrogens with one attached hydrogen (secondary N) is 1. The van der Waals surface area contributed by atoms with Gasteiger partial charge in [-0.15, -0.1) is 11.3 Å². The van der Waals surface area contributed by atoms with Gasteiger partial charge >= 0.3 is 0 Å². The highest BCUT2D eigenvalue weighted by atomic mass is 79.9. The molecule has 2 rings (SSSR count). The number of rotatable bonds is 4. The van der Waals surface area contributed by atoms with Crippen LogP contribution in [-0.2, 0) is 0 Å². The molecule has 1 heterocycles. The molecule has 5 heteroatoms. The van der Waals surface area contributed by atoms with Crippen LogP contribution in [0.1, 0.15) is 22.5 Å². The molecule has 1 fully saturated rings. The Bertz CT molecular complexity index is 373. The second kappa shape index (κ2) is 4.23. The Hall–Kier alpha value is -0.390. The van der Waals surface area contributed by atoms with Gasteiger partial charge in [0.05, 0.1) is 4.88 Å². The van der Waals surface area contributed by atoms with Crippen LogP contribution in [0.5, 0.6) is 0 Å². The number of amides is 1. The smallest absolute Gasteiger partial charge is 0.261 e. The summed E-state index contributed by atoms with van der Waals surface area (Å²) in [6, 6.07) is 1.84.